The number of rotatable bonds is 6. The molecule has 0 spiro atoms. The monoisotopic (exact) mass is 282 g/mol. The van der Waals surface area contributed by atoms with Crippen molar-refractivity contribution in [2.75, 3.05) is 6.54 Å². The first-order chi connectivity index (χ1) is 10.3. The van der Waals surface area contributed by atoms with Gasteiger partial charge in [0.25, 0.3) is 0 Å². The third-order valence-corrected chi connectivity index (χ3v) is 3.72. The van der Waals surface area contributed by atoms with E-state index in [0.29, 0.717) is 6.10 Å². The molecule has 0 amide bonds. The Bertz CT molecular complexity index is 573. The predicted octanol–water partition coefficient (Wildman–Crippen LogP) is 3.63. The van der Waals surface area contributed by atoms with Crippen molar-refractivity contribution in [3.8, 4) is 5.75 Å². The van der Waals surface area contributed by atoms with Crippen LogP contribution in [0, 0.1) is 6.92 Å². The standard InChI is InChI=1S/C18H22N2O/c1-3-19-18(15-5-4-13(2)20-12-15)14-6-8-16(9-7-14)21-17-10-11-17/h4-9,12,17-19H,3,10-11H2,1-2H3. The van der Waals surface area contributed by atoms with Gasteiger partial charge in [0.1, 0.15) is 5.75 Å². The van der Waals surface area contributed by atoms with E-state index in [1.807, 2.05) is 13.1 Å². The number of hydrogen-bond acceptors (Lipinski definition) is 3. The fourth-order valence-electron chi connectivity index (χ4n) is 2.40. The molecule has 1 fully saturated rings. The molecular formula is C18H22N2O. The molecule has 1 aromatic heterocycles. The zero-order chi connectivity index (χ0) is 14.7. The average Bonchev–Trinajstić information content (AvgIpc) is 3.31. The lowest BCUT2D eigenvalue weighted by Crippen LogP contribution is -2.22. The summed E-state index contributed by atoms with van der Waals surface area (Å²) in [6.07, 6.45) is 4.78. The second kappa shape index (κ2) is 6.27. The number of nitrogens with zero attached hydrogens (tertiary/aromatic N) is 1. The molecule has 1 saturated carbocycles. The maximum atomic E-state index is 5.81. The van der Waals surface area contributed by atoms with E-state index in [2.05, 4.69) is 53.6 Å². The minimum atomic E-state index is 0.179. The van der Waals surface area contributed by atoms with E-state index in [4.69, 9.17) is 4.74 Å². The summed E-state index contributed by atoms with van der Waals surface area (Å²) in [5.41, 5.74) is 3.48. The zero-order valence-corrected chi connectivity index (χ0v) is 12.7. The van der Waals surface area contributed by atoms with Gasteiger partial charge in [-0.05, 0) is 55.6 Å². The van der Waals surface area contributed by atoms with Gasteiger partial charge in [0.2, 0.25) is 0 Å². The number of benzene rings is 1. The van der Waals surface area contributed by atoms with Gasteiger partial charge in [-0.25, -0.2) is 0 Å². The van der Waals surface area contributed by atoms with Crippen molar-refractivity contribution < 1.29 is 4.74 Å². The fourth-order valence-corrected chi connectivity index (χ4v) is 2.40. The van der Waals surface area contributed by atoms with Gasteiger partial charge in [0.05, 0.1) is 12.1 Å². The fraction of sp³-hybridized carbons (Fsp3) is 0.389. The minimum Gasteiger partial charge on any atom is -0.490 e. The topological polar surface area (TPSA) is 34.1 Å². The molecule has 0 radical (unpaired) electrons. The quantitative estimate of drug-likeness (QED) is 0.878. The van der Waals surface area contributed by atoms with Gasteiger partial charge in [-0.2, -0.15) is 0 Å². The number of ether oxygens (including phenoxy) is 1. The van der Waals surface area contributed by atoms with Crippen molar-refractivity contribution in [2.24, 2.45) is 0 Å². The summed E-state index contributed by atoms with van der Waals surface area (Å²) in [5, 5.41) is 3.53. The molecule has 1 aliphatic rings. The Morgan fingerprint density at radius 1 is 1.14 bits per heavy atom. The van der Waals surface area contributed by atoms with Gasteiger partial charge in [0, 0.05) is 11.9 Å². The molecule has 0 saturated heterocycles. The van der Waals surface area contributed by atoms with E-state index in [9.17, 15) is 0 Å². The lowest BCUT2D eigenvalue weighted by molar-refractivity contribution is 0.303. The van der Waals surface area contributed by atoms with Gasteiger partial charge in [0.15, 0.2) is 0 Å². The summed E-state index contributed by atoms with van der Waals surface area (Å²) in [4.78, 5) is 4.41. The lowest BCUT2D eigenvalue weighted by Gasteiger charge is -2.19. The van der Waals surface area contributed by atoms with Crippen molar-refractivity contribution >= 4 is 0 Å². The third-order valence-electron chi connectivity index (χ3n) is 3.72. The minimum absolute atomic E-state index is 0.179. The highest BCUT2D eigenvalue weighted by Crippen LogP contribution is 2.28. The second-order valence-electron chi connectivity index (χ2n) is 5.61. The van der Waals surface area contributed by atoms with Crippen molar-refractivity contribution in [3.63, 3.8) is 0 Å². The number of hydrogen-bond donors (Lipinski definition) is 1. The van der Waals surface area contributed by atoms with Crippen LogP contribution in [-0.2, 0) is 0 Å². The van der Waals surface area contributed by atoms with E-state index in [0.717, 1.165) is 18.0 Å². The van der Waals surface area contributed by atoms with Crippen LogP contribution in [0.5, 0.6) is 5.75 Å². The molecule has 3 nitrogen and oxygen atoms in total. The number of aromatic nitrogens is 1. The molecule has 1 atom stereocenters. The van der Waals surface area contributed by atoms with Gasteiger partial charge in [-0.3, -0.25) is 4.98 Å². The highest BCUT2D eigenvalue weighted by Gasteiger charge is 2.23. The Kier molecular flexibility index (Phi) is 4.20. The molecule has 110 valence electrons. The summed E-state index contributed by atoms with van der Waals surface area (Å²) in [6.45, 7) is 5.05. The predicted molar refractivity (Wildman–Crippen MR) is 84.6 cm³/mol. The first-order valence-corrected chi connectivity index (χ1v) is 7.69. The Labute approximate surface area is 126 Å². The van der Waals surface area contributed by atoms with E-state index in [-0.39, 0.29) is 6.04 Å². The molecule has 2 aromatic rings. The number of aryl methyl sites for hydroxylation is 1. The molecule has 1 N–H and O–H groups in total. The van der Waals surface area contributed by atoms with Crippen LogP contribution in [0.1, 0.15) is 42.6 Å². The highest BCUT2D eigenvalue weighted by molar-refractivity contribution is 5.35. The van der Waals surface area contributed by atoms with Gasteiger partial charge in [-0.15, -0.1) is 0 Å². The Hall–Kier alpha value is -1.87. The molecule has 3 rings (SSSR count). The molecule has 0 aliphatic heterocycles. The smallest absolute Gasteiger partial charge is 0.119 e. The first-order valence-electron chi connectivity index (χ1n) is 7.69. The van der Waals surface area contributed by atoms with Gasteiger partial charge >= 0.3 is 0 Å². The van der Waals surface area contributed by atoms with Crippen LogP contribution < -0.4 is 10.1 Å². The van der Waals surface area contributed by atoms with E-state index in [1.165, 1.54) is 24.0 Å². The Balaban J connectivity index is 1.80. The average molecular weight is 282 g/mol. The summed E-state index contributed by atoms with van der Waals surface area (Å²) < 4.78 is 5.81. The van der Waals surface area contributed by atoms with E-state index < -0.39 is 0 Å². The maximum Gasteiger partial charge on any atom is 0.119 e. The SMILES string of the molecule is CCNC(c1ccc(OC2CC2)cc1)c1ccc(C)nc1. The van der Waals surface area contributed by atoms with Crippen LogP contribution >= 0.6 is 0 Å². The molecule has 1 heterocycles. The van der Waals surface area contributed by atoms with Crippen LogP contribution in [0.2, 0.25) is 0 Å². The van der Waals surface area contributed by atoms with Crippen LogP contribution in [-0.4, -0.2) is 17.6 Å². The maximum absolute atomic E-state index is 5.81. The Morgan fingerprint density at radius 2 is 1.86 bits per heavy atom. The van der Waals surface area contributed by atoms with Crippen molar-refractivity contribution in [1.82, 2.24) is 10.3 Å². The second-order valence-corrected chi connectivity index (χ2v) is 5.61. The summed E-state index contributed by atoms with van der Waals surface area (Å²) in [7, 11) is 0. The lowest BCUT2D eigenvalue weighted by atomic mass is 10.00. The van der Waals surface area contributed by atoms with Crippen LogP contribution in [0.4, 0.5) is 0 Å². The summed E-state index contributed by atoms with van der Waals surface area (Å²) in [5.74, 6) is 0.971. The van der Waals surface area contributed by atoms with Gasteiger partial charge < -0.3 is 10.1 Å². The van der Waals surface area contributed by atoms with Crippen molar-refractivity contribution in [1.29, 1.82) is 0 Å². The number of pyridine rings is 1. The molecule has 3 heteroatoms. The normalized spacial score (nSPS) is 15.7. The van der Waals surface area contributed by atoms with Crippen LogP contribution in [0.3, 0.4) is 0 Å². The Morgan fingerprint density at radius 3 is 2.43 bits per heavy atom. The first kappa shape index (κ1) is 14.1. The molecule has 0 bridgehead atoms. The summed E-state index contributed by atoms with van der Waals surface area (Å²) >= 11 is 0. The molecule has 21 heavy (non-hydrogen) atoms. The number of nitrogens with one attached hydrogen (secondary N) is 1. The van der Waals surface area contributed by atoms with E-state index >= 15 is 0 Å². The molecule has 1 aliphatic carbocycles. The largest absolute Gasteiger partial charge is 0.490 e. The van der Waals surface area contributed by atoms with Crippen LogP contribution in [0.15, 0.2) is 42.6 Å². The molecule has 1 unspecified atom stereocenters. The molecular weight excluding hydrogens is 260 g/mol. The van der Waals surface area contributed by atoms with Gasteiger partial charge in [-0.1, -0.05) is 25.1 Å². The molecule has 1 aromatic carbocycles. The highest BCUT2D eigenvalue weighted by atomic mass is 16.5. The zero-order valence-electron chi connectivity index (χ0n) is 12.7. The van der Waals surface area contributed by atoms with E-state index in [1.54, 1.807) is 0 Å². The third kappa shape index (κ3) is 3.61. The summed E-state index contributed by atoms with van der Waals surface area (Å²) in [6, 6.07) is 12.8. The van der Waals surface area contributed by atoms with Crippen molar-refractivity contribution in [3.05, 3.63) is 59.4 Å². The van der Waals surface area contributed by atoms with Crippen molar-refractivity contribution in [2.45, 2.75) is 38.8 Å². The van der Waals surface area contributed by atoms with Crippen LogP contribution in [0.25, 0.3) is 0 Å².